The Hall–Kier alpha value is -1.88. The van der Waals surface area contributed by atoms with Crippen molar-refractivity contribution in [2.75, 3.05) is 7.11 Å². The monoisotopic (exact) mass is 291 g/mol. The van der Waals surface area contributed by atoms with Gasteiger partial charge in [-0.3, -0.25) is 4.79 Å². The maximum Gasteiger partial charge on any atom is 0.308 e. The van der Waals surface area contributed by atoms with Crippen molar-refractivity contribution in [3.8, 4) is 16.3 Å². The Morgan fingerprint density at radius 2 is 2.25 bits per heavy atom. The second-order valence-corrected chi connectivity index (χ2v) is 5.52. The number of carboxylic acids is 1. The van der Waals surface area contributed by atoms with Crippen LogP contribution in [0.15, 0.2) is 24.3 Å². The molecule has 2 aromatic rings. The molecule has 1 N–H and O–H groups in total. The fourth-order valence-electron chi connectivity index (χ4n) is 1.97. The molecule has 0 amide bonds. The zero-order valence-electron chi connectivity index (χ0n) is 11.5. The van der Waals surface area contributed by atoms with Crippen LogP contribution in [0.5, 0.6) is 5.75 Å². The average molecular weight is 291 g/mol. The first-order valence-corrected chi connectivity index (χ1v) is 7.30. The third-order valence-corrected chi connectivity index (χ3v) is 4.04. The van der Waals surface area contributed by atoms with Crippen LogP contribution in [0.3, 0.4) is 0 Å². The van der Waals surface area contributed by atoms with E-state index in [1.165, 1.54) is 11.3 Å². The third kappa shape index (κ3) is 3.36. The van der Waals surface area contributed by atoms with Gasteiger partial charge >= 0.3 is 5.97 Å². The molecule has 0 aliphatic carbocycles. The van der Waals surface area contributed by atoms with Gasteiger partial charge in [-0.15, -0.1) is 11.3 Å². The molecule has 0 radical (unpaired) electrons. The summed E-state index contributed by atoms with van der Waals surface area (Å²) < 4.78 is 5.21. The van der Waals surface area contributed by atoms with E-state index in [0.717, 1.165) is 39.7 Å². The molecule has 106 valence electrons. The highest BCUT2D eigenvalue weighted by Gasteiger charge is 2.14. The van der Waals surface area contributed by atoms with Gasteiger partial charge in [0.25, 0.3) is 0 Å². The Morgan fingerprint density at radius 3 is 2.90 bits per heavy atom. The lowest BCUT2D eigenvalue weighted by atomic mass is 10.2. The summed E-state index contributed by atoms with van der Waals surface area (Å²) in [6.07, 6.45) is 1.80. The highest BCUT2D eigenvalue weighted by atomic mass is 32.1. The SMILES string of the molecule is CCCc1nc(-c2cccc(OC)c2)sc1CC(=O)O. The van der Waals surface area contributed by atoms with Gasteiger partial charge < -0.3 is 9.84 Å². The number of ether oxygens (including phenoxy) is 1. The number of benzene rings is 1. The molecule has 0 atom stereocenters. The number of nitrogens with zero attached hydrogens (tertiary/aromatic N) is 1. The molecule has 4 nitrogen and oxygen atoms in total. The lowest BCUT2D eigenvalue weighted by Crippen LogP contribution is -2.01. The van der Waals surface area contributed by atoms with Crippen LogP contribution in [0, 0.1) is 0 Å². The van der Waals surface area contributed by atoms with Gasteiger partial charge in [0.2, 0.25) is 0 Å². The second kappa shape index (κ2) is 6.52. The number of methoxy groups -OCH3 is 1. The van der Waals surface area contributed by atoms with Crippen LogP contribution in [-0.4, -0.2) is 23.2 Å². The Bertz CT molecular complexity index is 607. The third-order valence-electron chi connectivity index (χ3n) is 2.89. The first-order chi connectivity index (χ1) is 9.63. The summed E-state index contributed by atoms with van der Waals surface area (Å²) in [5, 5.41) is 9.83. The van der Waals surface area contributed by atoms with Crippen LogP contribution in [-0.2, 0) is 17.6 Å². The lowest BCUT2D eigenvalue weighted by molar-refractivity contribution is -0.136. The molecule has 0 saturated heterocycles. The van der Waals surface area contributed by atoms with Gasteiger partial charge in [-0.25, -0.2) is 4.98 Å². The number of aliphatic carboxylic acids is 1. The van der Waals surface area contributed by atoms with Gasteiger partial charge in [0.1, 0.15) is 10.8 Å². The van der Waals surface area contributed by atoms with Gasteiger partial charge in [0.05, 0.1) is 19.2 Å². The van der Waals surface area contributed by atoms with E-state index in [1.54, 1.807) is 7.11 Å². The minimum absolute atomic E-state index is 0.0387. The van der Waals surface area contributed by atoms with Crippen molar-refractivity contribution in [1.82, 2.24) is 4.98 Å². The summed E-state index contributed by atoms with van der Waals surface area (Å²) in [5.41, 5.74) is 1.86. The molecule has 1 aromatic carbocycles. The predicted molar refractivity (Wildman–Crippen MR) is 79.4 cm³/mol. The topological polar surface area (TPSA) is 59.4 Å². The van der Waals surface area contributed by atoms with E-state index in [-0.39, 0.29) is 6.42 Å². The lowest BCUT2D eigenvalue weighted by Gasteiger charge is -2.01. The number of aryl methyl sites for hydroxylation is 1. The maximum absolute atomic E-state index is 10.9. The number of carbonyl (C=O) groups is 1. The molecule has 0 fully saturated rings. The molecule has 0 spiro atoms. The van der Waals surface area contributed by atoms with Crippen molar-refractivity contribution in [1.29, 1.82) is 0 Å². The van der Waals surface area contributed by atoms with Crippen molar-refractivity contribution in [2.24, 2.45) is 0 Å². The van der Waals surface area contributed by atoms with E-state index in [0.29, 0.717) is 0 Å². The molecule has 0 aliphatic heterocycles. The minimum atomic E-state index is -0.816. The Kier molecular flexibility index (Phi) is 4.74. The van der Waals surface area contributed by atoms with Crippen molar-refractivity contribution in [3.63, 3.8) is 0 Å². The number of thiazole rings is 1. The molecule has 5 heteroatoms. The normalized spacial score (nSPS) is 10.5. The van der Waals surface area contributed by atoms with Gasteiger partial charge in [-0.2, -0.15) is 0 Å². The zero-order valence-corrected chi connectivity index (χ0v) is 12.4. The summed E-state index contributed by atoms with van der Waals surface area (Å²) >= 11 is 1.45. The first kappa shape index (κ1) is 14.5. The molecule has 2 rings (SSSR count). The van der Waals surface area contributed by atoms with Crippen molar-refractivity contribution in [3.05, 3.63) is 34.8 Å². The van der Waals surface area contributed by atoms with Crippen LogP contribution in [0.4, 0.5) is 0 Å². The van der Waals surface area contributed by atoms with E-state index in [9.17, 15) is 4.79 Å². The Morgan fingerprint density at radius 1 is 1.45 bits per heavy atom. The van der Waals surface area contributed by atoms with Crippen molar-refractivity contribution >= 4 is 17.3 Å². The fourth-order valence-corrected chi connectivity index (χ4v) is 3.07. The van der Waals surface area contributed by atoms with Crippen LogP contribution in [0.25, 0.3) is 10.6 Å². The summed E-state index contributed by atoms with van der Waals surface area (Å²) in [6.45, 7) is 2.06. The molecule has 20 heavy (non-hydrogen) atoms. The van der Waals surface area contributed by atoms with E-state index in [2.05, 4.69) is 11.9 Å². The van der Waals surface area contributed by atoms with E-state index in [4.69, 9.17) is 9.84 Å². The number of hydrogen-bond donors (Lipinski definition) is 1. The molecule has 1 aromatic heterocycles. The zero-order chi connectivity index (χ0) is 14.5. The standard InChI is InChI=1S/C15H17NO3S/c1-3-5-12-13(9-14(17)18)20-15(16-12)10-6-4-7-11(8-10)19-2/h4,6-8H,3,5,9H2,1-2H3,(H,17,18). The summed E-state index contributed by atoms with van der Waals surface area (Å²) in [4.78, 5) is 16.4. The number of rotatable bonds is 6. The molecule has 0 saturated carbocycles. The largest absolute Gasteiger partial charge is 0.497 e. The van der Waals surface area contributed by atoms with Gasteiger partial charge in [-0.05, 0) is 18.6 Å². The number of hydrogen-bond acceptors (Lipinski definition) is 4. The molecule has 1 heterocycles. The highest BCUT2D eigenvalue weighted by Crippen LogP contribution is 2.31. The van der Waals surface area contributed by atoms with Crippen molar-refractivity contribution in [2.45, 2.75) is 26.2 Å². The smallest absolute Gasteiger partial charge is 0.308 e. The van der Waals surface area contributed by atoms with E-state index < -0.39 is 5.97 Å². The number of carboxylic acid groups (broad SMARTS) is 1. The quantitative estimate of drug-likeness (QED) is 0.886. The summed E-state index contributed by atoms with van der Waals surface area (Å²) in [6, 6.07) is 7.66. The first-order valence-electron chi connectivity index (χ1n) is 6.48. The van der Waals surface area contributed by atoms with Crippen molar-refractivity contribution < 1.29 is 14.6 Å². The molecular formula is C15H17NO3S. The molecular weight excluding hydrogens is 274 g/mol. The van der Waals surface area contributed by atoms with Gasteiger partial charge in [-0.1, -0.05) is 25.5 Å². The van der Waals surface area contributed by atoms with E-state index in [1.807, 2.05) is 24.3 Å². The second-order valence-electron chi connectivity index (χ2n) is 4.44. The maximum atomic E-state index is 10.9. The molecule has 0 bridgehead atoms. The van der Waals surface area contributed by atoms with E-state index >= 15 is 0 Å². The van der Waals surface area contributed by atoms with Crippen LogP contribution >= 0.6 is 11.3 Å². The van der Waals surface area contributed by atoms with Crippen LogP contribution < -0.4 is 4.74 Å². The van der Waals surface area contributed by atoms with Gasteiger partial charge in [0, 0.05) is 10.4 Å². The van der Waals surface area contributed by atoms with Gasteiger partial charge in [0.15, 0.2) is 0 Å². The molecule has 0 unspecified atom stereocenters. The summed E-state index contributed by atoms with van der Waals surface area (Å²) in [5.74, 6) is -0.0438. The van der Waals surface area contributed by atoms with Crippen LogP contribution in [0.2, 0.25) is 0 Å². The average Bonchev–Trinajstić information content (AvgIpc) is 2.82. The minimum Gasteiger partial charge on any atom is -0.497 e. The number of aromatic nitrogens is 1. The predicted octanol–water partition coefficient (Wildman–Crippen LogP) is 3.40. The molecule has 0 aliphatic rings. The van der Waals surface area contributed by atoms with Crippen LogP contribution in [0.1, 0.15) is 23.9 Å². The summed E-state index contributed by atoms with van der Waals surface area (Å²) in [7, 11) is 1.62. The Balaban J connectivity index is 2.38. The Labute approximate surface area is 122 Å². The highest BCUT2D eigenvalue weighted by molar-refractivity contribution is 7.15. The fraction of sp³-hybridized carbons (Fsp3) is 0.333.